The summed E-state index contributed by atoms with van der Waals surface area (Å²) in [6.45, 7) is 11.1. The number of benzene rings is 7. The van der Waals surface area contributed by atoms with Gasteiger partial charge in [-0.05, 0) is 86.2 Å². The number of fused-ring (bicyclic) bond motifs is 4. The number of ether oxygens (including phenoxy) is 1. The van der Waals surface area contributed by atoms with Crippen molar-refractivity contribution >= 4 is 32.8 Å². The minimum atomic E-state index is -1.74. The molecule has 6 heteroatoms. The first kappa shape index (κ1) is 29.0. The van der Waals surface area contributed by atoms with Crippen LogP contribution in [0.1, 0.15) is 71.9 Å². The van der Waals surface area contributed by atoms with Gasteiger partial charge in [0, 0.05) is 49.8 Å². The predicted molar refractivity (Wildman–Crippen MR) is 257 cm³/mol. The average Bonchev–Trinajstić information content (AvgIpc) is 4.15. The van der Waals surface area contributed by atoms with Crippen molar-refractivity contribution in [3.8, 4) is 50.9 Å². The number of para-hydroxylation sites is 3. The van der Waals surface area contributed by atoms with Gasteiger partial charge in [-0.1, -0.05) is 162 Å². The van der Waals surface area contributed by atoms with E-state index in [4.69, 9.17) is 28.9 Å². The number of hydrogen-bond acceptors (Lipinski definition) is 2. The second kappa shape index (κ2) is 17.2. The second-order valence-electron chi connectivity index (χ2n) is 17.3. The van der Waals surface area contributed by atoms with E-state index in [2.05, 4.69) is 18.5 Å². The number of rotatable bonds is 9. The standard InChI is InChI=1S/C58H50N4O.Pt/c1-57(2,3)37-40-27-30-51-50(33-40)49-29-28-46(36-54(49)62(51)55-34-41(31-32-59-55)38-58(4,5)6)63-45-22-15-21-44(35-45)60-39-61(53-26-14-13-25-52(53)60)56-47(42-17-9-7-10-18-42)23-16-24-48(56)43-19-11-8-12-20-43;/h7-34H,37-38H2,1-6H3;/q-2;/i7D,8D,9D,10D,11D,12D,17D,18D,19D,20D,37D2,38D2;. The molecule has 0 aliphatic rings. The summed E-state index contributed by atoms with van der Waals surface area (Å²) in [5, 5.41) is 1.46. The molecule has 10 rings (SSSR count). The maximum absolute atomic E-state index is 9.12. The minimum Gasteiger partial charge on any atom is -0.510 e. The molecule has 0 N–H and O–H groups in total. The fraction of sp³-hybridized carbons (Fsp3) is 0.172. The van der Waals surface area contributed by atoms with Gasteiger partial charge in [0.15, 0.2) is 0 Å². The molecule has 3 aromatic heterocycles. The van der Waals surface area contributed by atoms with Crippen LogP contribution in [-0.4, -0.2) is 14.1 Å². The van der Waals surface area contributed by atoms with Crippen LogP contribution in [0, 0.1) is 29.3 Å². The normalized spacial score (nSPS) is 15.5. The van der Waals surface area contributed by atoms with E-state index in [9.17, 15) is 0 Å². The fourth-order valence-corrected chi connectivity index (χ4v) is 7.89. The summed E-state index contributed by atoms with van der Waals surface area (Å²) in [5.41, 5.74) is 2.15. The van der Waals surface area contributed by atoms with Crippen molar-refractivity contribution in [2.75, 3.05) is 0 Å². The van der Waals surface area contributed by atoms with Crippen molar-refractivity contribution < 1.29 is 49.6 Å². The summed E-state index contributed by atoms with van der Waals surface area (Å²) in [6, 6.07) is 30.8. The SMILES string of the molecule is [2H]c1c([2H])c([2H])c(-c2cccc(-c3c([2H])c([2H])c([2H])c([2H])c3[2H])c2-[n+]2[c-]n(-c3[c-]c(Oc4[c-]c5c(cc4)c4cc(C([2H])([2H])C(C)(C)C)ccc4n5-c4cc(C([2H])([2H])C(C)(C)C)ccn4)ccc3)c3ccccc32)c([2H])c1[2H].[Pt]. The van der Waals surface area contributed by atoms with Gasteiger partial charge < -0.3 is 13.9 Å². The molecule has 0 saturated heterocycles. The molecular weight excluding hydrogens is 964 g/mol. The molecule has 0 unspecified atom stereocenters. The molecule has 7 aromatic carbocycles. The zero-order valence-corrected chi connectivity index (χ0v) is 38.2. The van der Waals surface area contributed by atoms with Crippen LogP contribution in [-0.2, 0) is 33.8 Å². The second-order valence-corrected chi connectivity index (χ2v) is 17.3. The number of aromatic nitrogens is 4. The van der Waals surface area contributed by atoms with Gasteiger partial charge in [-0.3, -0.25) is 4.57 Å². The average molecular weight is 1030 g/mol. The van der Waals surface area contributed by atoms with Crippen LogP contribution in [0.2, 0.25) is 0 Å². The third kappa shape index (κ3) is 8.58. The van der Waals surface area contributed by atoms with Gasteiger partial charge in [-0.25, -0.2) is 4.98 Å². The molecule has 5 nitrogen and oxygen atoms in total. The van der Waals surface area contributed by atoms with Crippen molar-refractivity contribution in [3.63, 3.8) is 0 Å². The van der Waals surface area contributed by atoms with E-state index >= 15 is 0 Å². The van der Waals surface area contributed by atoms with E-state index in [1.807, 2.05) is 70.4 Å². The molecule has 3 heterocycles. The van der Waals surface area contributed by atoms with Gasteiger partial charge >= 0.3 is 0 Å². The third-order valence-corrected chi connectivity index (χ3v) is 10.2. The molecule has 0 bridgehead atoms. The smallest absolute Gasteiger partial charge is 0.268 e. The minimum absolute atomic E-state index is 0. The van der Waals surface area contributed by atoms with Crippen molar-refractivity contribution in [2.24, 2.45) is 10.8 Å². The fourth-order valence-electron chi connectivity index (χ4n) is 7.89. The quantitative estimate of drug-likeness (QED) is 0.107. The predicted octanol–water partition coefficient (Wildman–Crippen LogP) is 14.1. The largest absolute Gasteiger partial charge is 0.510 e. The van der Waals surface area contributed by atoms with Crippen molar-refractivity contribution in [1.29, 1.82) is 0 Å². The molecule has 10 aromatic rings. The van der Waals surface area contributed by atoms with E-state index in [1.54, 1.807) is 94.2 Å². The summed E-state index contributed by atoms with van der Waals surface area (Å²) in [4.78, 5) is 4.74. The third-order valence-electron chi connectivity index (χ3n) is 10.2. The Kier molecular flexibility index (Phi) is 7.79. The van der Waals surface area contributed by atoms with Crippen LogP contribution in [0.3, 0.4) is 0 Å². The summed E-state index contributed by atoms with van der Waals surface area (Å²) in [5.74, 6) is 0.973. The van der Waals surface area contributed by atoms with Gasteiger partial charge in [-0.15, -0.1) is 29.7 Å². The molecule has 0 aliphatic carbocycles. The zero-order chi connectivity index (χ0) is 55.6. The van der Waals surface area contributed by atoms with Crippen LogP contribution >= 0.6 is 0 Å². The Balaban J connectivity index is 0.00000740. The van der Waals surface area contributed by atoms with Crippen LogP contribution in [0.4, 0.5) is 0 Å². The maximum atomic E-state index is 9.12. The number of hydrogen-bond donors (Lipinski definition) is 0. The van der Waals surface area contributed by atoms with Gasteiger partial charge in [0.1, 0.15) is 5.82 Å². The zero-order valence-electron chi connectivity index (χ0n) is 49.9. The van der Waals surface area contributed by atoms with Crippen LogP contribution in [0.15, 0.2) is 170 Å². The van der Waals surface area contributed by atoms with Crippen molar-refractivity contribution in [1.82, 2.24) is 14.1 Å². The van der Waals surface area contributed by atoms with Crippen LogP contribution in [0.25, 0.3) is 72.3 Å². The summed E-state index contributed by atoms with van der Waals surface area (Å²) >= 11 is 0. The molecule has 0 aliphatic heterocycles. The van der Waals surface area contributed by atoms with E-state index in [0.717, 1.165) is 10.8 Å². The molecule has 0 atom stereocenters. The molecule has 0 amide bonds. The van der Waals surface area contributed by atoms with E-state index < -0.39 is 84.0 Å². The molecule has 0 saturated carbocycles. The molecular formula is C58H50N4OPt-2. The van der Waals surface area contributed by atoms with E-state index in [-0.39, 0.29) is 60.5 Å². The first-order chi connectivity index (χ1) is 36.1. The van der Waals surface area contributed by atoms with Gasteiger partial charge in [0.05, 0.1) is 30.4 Å². The summed E-state index contributed by atoms with van der Waals surface area (Å²) < 4.78 is 135. The van der Waals surface area contributed by atoms with E-state index in [1.165, 1.54) is 0 Å². The van der Waals surface area contributed by atoms with E-state index in [0.29, 0.717) is 44.7 Å². The summed E-state index contributed by atoms with van der Waals surface area (Å²) in [7, 11) is 0. The monoisotopic (exact) mass is 1030 g/mol. The van der Waals surface area contributed by atoms with Gasteiger partial charge in [0.25, 0.3) is 6.33 Å². The van der Waals surface area contributed by atoms with Crippen LogP contribution < -0.4 is 9.30 Å². The summed E-state index contributed by atoms with van der Waals surface area (Å²) in [6.07, 6.45) is 1.52. The maximum Gasteiger partial charge on any atom is 0.268 e. The van der Waals surface area contributed by atoms with Crippen LogP contribution in [0.5, 0.6) is 11.5 Å². The first-order valence-corrected chi connectivity index (χ1v) is 20.6. The number of nitrogens with zero attached hydrogens (tertiary/aromatic N) is 4. The Morgan fingerprint density at radius 2 is 1.28 bits per heavy atom. The Hall–Kier alpha value is -6.55. The topological polar surface area (TPSA) is 35.9 Å². The molecule has 0 fully saturated rings. The molecule has 0 spiro atoms. The molecule has 0 radical (unpaired) electrons. The molecule has 320 valence electrons. The Morgan fingerprint density at radius 1 is 0.641 bits per heavy atom. The Bertz CT molecular complexity index is 3940. The number of pyridine rings is 1. The van der Waals surface area contributed by atoms with Gasteiger partial charge in [-0.2, -0.15) is 18.2 Å². The Labute approximate surface area is 410 Å². The Morgan fingerprint density at radius 3 is 1.97 bits per heavy atom. The number of imidazole rings is 1. The first-order valence-electron chi connectivity index (χ1n) is 27.6. The van der Waals surface area contributed by atoms with Crippen molar-refractivity contribution in [2.45, 2.75) is 54.3 Å². The van der Waals surface area contributed by atoms with Gasteiger partial charge in [0.2, 0.25) is 0 Å². The van der Waals surface area contributed by atoms with Crippen molar-refractivity contribution in [3.05, 3.63) is 199 Å². The molecule has 64 heavy (non-hydrogen) atoms.